The molecule has 5 rings (SSSR count). The lowest BCUT2D eigenvalue weighted by Crippen LogP contribution is -2.29. The molecule has 0 spiro atoms. The van der Waals surface area contributed by atoms with Gasteiger partial charge in [-0.2, -0.15) is 0 Å². The summed E-state index contributed by atoms with van der Waals surface area (Å²) >= 11 is 2.89. The van der Waals surface area contributed by atoms with Crippen molar-refractivity contribution in [3.63, 3.8) is 0 Å². The van der Waals surface area contributed by atoms with E-state index in [1.54, 1.807) is 36.4 Å². The van der Waals surface area contributed by atoms with Gasteiger partial charge in [0, 0.05) is 0 Å². The van der Waals surface area contributed by atoms with E-state index in [2.05, 4.69) is 0 Å². The van der Waals surface area contributed by atoms with Gasteiger partial charge >= 0.3 is 0 Å². The van der Waals surface area contributed by atoms with Crippen LogP contribution in [0.4, 0.5) is 20.2 Å². The molecule has 3 aromatic carbocycles. The van der Waals surface area contributed by atoms with E-state index in [9.17, 15) is 18.4 Å². The number of halogens is 2. The summed E-state index contributed by atoms with van der Waals surface area (Å²) < 4.78 is 28.7. The Labute approximate surface area is 192 Å². The van der Waals surface area contributed by atoms with E-state index in [1.165, 1.54) is 45.5 Å². The number of hydrogen-bond donors (Lipinski definition) is 0. The van der Waals surface area contributed by atoms with Crippen LogP contribution in [0, 0.1) is 11.6 Å². The molecule has 0 aromatic heterocycles. The summed E-state index contributed by atoms with van der Waals surface area (Å²) in [5.41, 5.74) is 2.25. The molecule has 8 heteroatoms. The summed E-state index contributed by atoms with van der Waals surface area (Å²) in [4.78, 5) is 28.0. The second-order valence-electron chi connectivity index (χ2n) is 7.42. The number of nitrogens with zero attached hydrogens (tertiary/aromatic N) is 2. The van der Waals surface area contributed by atoms with Gasteiger partial charge < -0.3 is 0 Å². The summed E-state index contributed by atoms with van der Waals surface area (Å²) in [5.74, 6) is -0.615. The van der Waals surface area contributed by atoms with Crippen molar-refractivity contribution >= 4 is 46.7 Å². The number of rotatable bonds is 4. The molecule has 2 saturated heterocycles. The van der Waals surface area contributed by atoms with Crippen molar-refractivity contribution in [2.45, 2.75) is 10.7 Å². The lowest BCUT2D eigenvalue weighted by atomic mass is 10.1. The summed E-state index contributed by atoms with van der Waals surface area (Å²) in [6.45, 7) is 0. The molecular formula is C24H18F2N2O2S2. The molecular weight excluding hydrogens is 450 g/mol. The largest absolute Gasteiger partial charge is 0.292 e. The molecule has 162 valence electrons. The van der Waals surface area contributed by atoms with E-state index in [-0.39, 0.29) is 45.4 Å². The summed E-state index contributed by atoms with van der Waals surface area (Å²) in [6, 6.07) is 20.1. The van der Waals surface area contributed by atoms with Gasteiger partial charge in [0.25, 0.3) is 0 Å². The lowest BCUT2D eigenvalue weighted by Gasteiger charge is -2.26. The van der Waals surface area contributed by atoms with Gasteiger partial charge in [-0.25, -0.2) is 8.78 Å². The van der Waals surface area contributed by atoms with Crippen molar-refractivity contribution < 1.29 is 18.4 Å². The average Bonchev–Trinajstić information content (AvgIpc) is 3.37. The Balaban J connectivity index is 1.44. The maximum absolute atomic E-state index is 14.4. The summed E-state index contributed by atoms with van der Waals surface area (Å²) in [7, 11) is 0. The number of amides is 2. The highest BCUT2D eigenvalue weighted by Gasteiger charge is 2.37. The van der Waals surface area contributed by atoms with E-state index in [4.69, 9.17) is 0 Å². The third-order valence-corrected chi connectivity index (χ3v) is 7.89. The van der Waals surface area contributed by atoms with Crippen LogP contribution >= 0.6 is 23.5 Å². The molecule has 32 heavy (non-hydrogen) atoms. The first-order valence-electron chi connectivity index (χ1n) is 10.0. The number of anilines is 2. The predicted octanol–water partition coefficient (Wildman–Crippen LogP) is 5.52. The minimum absolute atomic E-state index is 0.142. The number of carbonyl (C=O) groups is 2. The van der Waals surface area contributed by atoms with Crippen molar-refractivity contribution in [2.75, 3.05) is 21.3 Å². The molecule has 0 saturated carbocycles. The quantitative estimate of drug-likeness (QED) is 0.506. The number of para-hydroxylation sites is 2. The van der Waals surface area contributed by atoms with Gasteiger partial charge in [0.1, 0.15) is 22.4 Å². The standard InChI is InChI=1S/C24H18F2N2O2S2/c25-17-5-1-3-7-19(17)27-21(29)13-31-23(27)15-9-11-16(12-10-15)24-28(22(30)14-32-24)20-8-4-2-6-18(20)26/h1-12,23-24H,13-14H2/t23-,24-/m1/s1. The van der Waals surface area contributed by atoms with Gasteiger partial charge in [0.2, 0.25) is 11.8 Å². The molecule has 2 aliphatic rings. The van der Waals surface area contributed by atoms with Gasteiger partial charge in [0.15, 0.2) is 0 Å². The first kappa shape index (κ1) is 21.0. The Morgan fingerprint density at radius 1 is 0.625 bits per heavy atom. The van der Waals surface area contributed by atoms with E-state index in [0.29, 0.717) is 0 Å². The van der Waals surface area contributed by atoms with Crippen LogP contribution in [0.25, 0.3) is 0 Å². The zero-order valence-corrected chi connectivity index (χ0v) is 18.4. The molecule has 0 radical (unpaired) electrons. The smallest absolute Gasteiger partial charge is 0.238 e. The molecule has 0 aliphatic carbocycles. The highest BCUT2D eigenvalue weighted by Crippen LogP contribution is 2.45. The second kappa shape index (κ2) is 8.60. The van der Waals surface area contributed by atoms with Gasteiger partial charge in [-0.1, -0.05) is 48.5 Å². The molecule has 2 heterocycles. The number of thioether (sulfide) groups is 2. The van der Waals surface area contributed by atoms with Gasteiger partial charge in [-0.05, 0) is 35.4 Å². The zero-order chi connectivity index (χ0) is 22.2. The predicted molar refractivity (Wildman–Crippen MR) is 125 cm³/mol. The third-order valence-electron chi connectivity index (χ3n) is 5.47. The normalized spacial score (nSPS) is 20.9. The Morgan fingerprint density at radius 2 is 1.00 bits per heavy atom. The fraction of sp³-hybridized carbons (Fsp3) is 0.167. The topological polar surface area (TPSA) is 40.6 Å². The first-order chi connectivity index (χ1) is 15.5. The SMILES string of the molecule is O=C1CS[C@H](c2ccc([C@H]3SCC(=O)N3c3ccccc3F)cc2)N1c1ccccc1F. The van der Waals surface area contributed by atoms with E-state index < -0.39 is 11.6 Å². The van der Waals surface area contributed by atoms with Crippen LogP contribution in [0.3, 0.4) is 0 Å². The monoisotopic (exact) mass is 468 g/mol. The molecule has 3 aromatic rings. The molecule has 0 bridgehead atoms. The molecule has 2 fully saturated rings. The first-order valence-corrected chi connectivity index (χ1v) is 12.1. The van der Waals surface area contributed by atoms with Gasteiger partial charge in [0.05, 0.1) is 22.9 Å². The van der Waals surface area contributed by atoms with Crippen molar-refractivity contribution in [3.05, 3.63) is 95.6 Å². The Kier molecular flexibility index (Phi) is 5.65. The maximum Gasteiger partial charge on any atom is 0.238 e. The van der Waals surface area contributed by atoms with Crippen LogP contribution in [-0.4, -0.2) is 23.3 Å². The number of hydrogen-bond acceptors (Lipinski definition) is 4. The summed E-state index contributed by atoms with van der Waals surface area (Å²) in [5, 5.41) is -0.678. The molecule has 2 aliphatic heterocycles. The van der Waals surface area contributed by atoms with Crippen molar-refractivity contribution in [1.82, 2.24) is 0 Å². The third kappa shape index (κ3) is 3.67. The molecule has 0 unspecified atom stereocenters. The minimum atomic E-state index is -0.439. The van der Waals surface area contributed by atoms with Crippen molar-refractivity contribution in [3.8, 4) is 0 Å². The minimum Gasteiger partial charge on any atom is -0.292 e. The Hall–Kier alpha value is -2.84. The van der Waals surface area contributed by atoms with Crippen LogP contribution in [0.1, 0.15) is 21.9 Å². The summed E-state index contributed by atoms with van der Waals surface area (Å²) in [6.07, 6.45) is 0. The zero-order valence-electron chi connectivity index (χ0n) is 16.8. The number of benzene rings is 3. The fourth-order valence-electron chi connectivity index (χ4n) is 3.98. The molecule has 4 nitrogen and oxygen atoms in total. The second-order valence-corrected chi connectivity index (χ2v) is 9.56. The van der Waals surface area contributed by atoms with Crippen LogP contribution in [0.15, 0.2) is 72.8 Å². The van der Waals surface area contributed by atoms with E-state index >= 15 is 0 Å². The highest BCUT2D eigenvalue weighted by atomic mass is 32.2. The van der Waals surface area contributed by atoms with Crippen molar-refractivity contribution in [1.29, 1.82) is 0 Å². The fourth-order valence-corrected chi connectivity index (χ4v) is 6.32. The van der Waals surface area contributed by atoms with Crippen molar-refractivity contribution in [2.24, 2.45) is 0 Å². The van der Waals surface area contributed by atoms with Gasteiger partial charge in [-0.15, -0.1) is 23.5 Å². The molecule has 0 N–H and O–H groups in total. The van der Waals surface area contributed by atoms with E-state index in [0.717, 1.165) is 11.1 Å². The average molecular weight is 469 g/mol. The van der Waals surface area contributed by atoms with Gasteiger partial charge in [-0.3, -0.25) is 19.4 Å². The number of carbonyl (C=O) groups excluding carboxylic acids is 2. The van der Waals surface area contributed by atoms with E-state index in [1.807, 2.05) is 24.3 Å². The van der Waals surface area contributed by atoms with Crippen LogP contribution < -0.4 is 9.80 Å². The molecule has 2 amide bonds. The van der Waals surface area contributed by atoms with Crippen LogP contribution in [0.5, 0.6) is 0 Å². The maximum atomic E-state index is 14.4. The highest BCUT2D eigenvalue weighted by molar-refractivity contribution is 8.01. The van der Waals surface area contributed by atoms with Crippen LogP contribution in [0.2, 0.25) is 0 Å². The Morgan fingerprint density at radius 3 is 1.38 bits per heavy atom. The van der Waals surface area contributed by atoms with Crippen LogP contribution in [-0.2, 0) is 9.59 Å². The lowest BCUT2D eigenvalue weighted by molar-refractivity contribution is -0.116. The Bertz CT molecular complexity index is 1100. The molecule has 2 atom stereocenters.